The zero-order chi connectivity index (χ0) is 20.9. The van der Waals surface area contributed by atoms with Gasteiger partial charge in [0.1, 0.15) is 4.90 Å². The Balaban J connectivity index is 2.41. The van der Waals surface area contributed by atoms with Crippen LogP contribution in [-0.2, 0) is 14.8 Å². The number of rotatable bonds is 7. The summed E-state index contributed by atoms with van der Waals surface area (Å²) in [4.78, 5) is 24.2. The van der Waals surface area contributed by atoms with Crippen molar-refractivity contribution in [1.29, 1.82) is 0 Å². The lowest BCUT2D eigenvalue weighted by atomic mass is 10.1. The number of sulfonamides is 1. The molecule has 1 amide bonds. The number of halogens is 1. The van der Waals surface area contributed by atoms with Gasteiger partial charge in [-0.25, -0.2) is 13.2 Å². The topological polar surface area (TPSA) is 102 Å². The third-order valence-electron chi connectivity index (χ3n) is 3.72. The first-order valence-corrected chi connectivity index (χ1v) is 10.7. The van der Waals surface area contributed by atoms with Crippen LogP contribution in [0, 0.1) is 5.92 Å². The maximum absolute atomic E-state index is 12.9. The van der Waals surface area contributed by atoms with Gasteiger partial charge in [-0.3, -0.25) is 9.52 Å². The molecule has 0 aromatic heterocycles. The standard InChI is InChI=1S/C19H21BrN2O5S/c1-12(2)11-21-18(23)14-6-4-5-7-16(14)22-28(25,26)17-9-8-13(20)10-15(17)19(24)27-3/h4-10,12,22H,11H2,1-3H3,(H,21,23). The fraction of sp³-hybridized carbons (Fsp3) is 0.263. The molecule has 0 radical (unpaired) electrons. The molecule has 0 atom stereocenters. The van der Waals surface area contributed by atoms with Crippen molar-refractivity contribution in [1.82, 2.24) is 5.32 Å². The molecule has 2 aromatic carbocycles. The van der Waals surface area contributed by atoms with Gasteiger partial charge in [0.25, 0.3) is 15.9 Å². The monoisotopic (exact) mass is 468 g/mol. The van der Waals surface area contributed by atoms with Crippen LogP contribution in [0.2, 0.25) is 0 Å². The van der Waals surface area contributed by atoms with Crippen LogP contribution in [0.25, 0.3) is 0 Å². The van der Waals surface area contributed by atoms with Crippen molar-refractivity contribution < 1.29 is 22.7 Å². The first kappa shape index (κ1) is 21.9. The van der Waals surface area contributed by atoms with E-state index in [-0.39, 0.29) is 27.6 Å². The van der Waals surface area contributed by atoms with Crippen LogP contribution in [-0.4, -0.2) is 33.9 Å². The van der Waals surface area contributed by atoms with E-state index in [0.29, 0.717) is 11.0 Å². The van der Waals surface area contributed by atoms with E-state index in [2.05, 4.69) is 30.7 Å². The van der Waals surface area contributed by atoms with Gasteiger partial charge in [0.05, 0.1) is 23.9 Å². The SMILES string of the molecule is COC(=O)c1cc(Br)ccc1S(=O)(=O)Nc1ccccc1C(=O)NCC(C)C. The largest absolute Gasteiger partial charge is 0.465 e. The predicted molar refractivity (Wildman–Crippen MR) is 110 cm³/mol. The number of carbonyl (C=O) groups is 2. The number of benzene rings is 2. The Morgan fingerprint density at radius 2 is 1.79 bits per heavy atom. The highest BCUT2D eigenvalue weighted by atomic mass is 79.9. The smallest absolute Gasteiger partial charge is 0.339 e. The van der Waals surface area contributed by atoms with E-state index in [0.717, 1.165) is 0 Å². The number of hydrogen-bond acceptors (Lipinski definition) is 5. The number of esters is 1. The Morgan fingerprint density at radius 1 is 1.11 bits per heavy atom. The lowest BCUT2D eigenvalue weighted by molar-refractivity contribution is 0.0596. The van der Waals surface area contributed by atoms with Crippen molar-refractivity contribution in [3.05, 3.63) is 58.1 Å². The number of amides is 1. The predicted octanol–water partition coefficient (Wildman–Crippen LogP) is 3.42. The van der Waals surface area contributed by atoms with Crippen LogP contribution in [0.4, 0.5) is 5.69 Å². The summed E-state index contributed by atoms with van der Waals surface area (Å²) in [6, 6.07) is 10.4. The zero-order valence-corrected chi connectivity index (χ0v) is 18.1. The van der Waals surface area contributed by atoms with Crippen LogP contribution < -0.4 is 10.0 Å². The molecule has 7 nitrogen and oxygen atoms in total. The first-order valence-electron chi connectivity index (χ1n) is 8.43. The van der Waals surface area contributed by atoms with Gasteiger partial charge in [0.2, 0.25) is 0 Å². The maximum atomic E-state index is 12.9. The molecule has 2 N–H and O–H groups in total. The van der Waals surface area contributed by atoms with E-state index in [9.17, 15) is 18.0 Å². The van der Waals surface area contributed by atoms with Crippen LogP contribution in [0.5, 0.6) is 0 Å². The van der Waals surface area contributed by atoms with Gasteiger partial charge in [0.15, 0.2) is 0 Å². The molecule has 0 aliphatic carbocycles. The fourth-order valence-corrected chi connectivity index (χ4v) is 3.99. The molecule has 2 aromatic rings. The van der Waals surface area contributed by atoms with Crippen molar-refractivity contribution in [2.24, 2.45) is 5.92 Å². The van der Waals surface area contributed by atoms with Crippen LogP contribution >= 0.6 is 15.9 Å². The van der Waals surface area contributed by atoms with E-state index >= 15 is 0 Å². The van der Waals surface area contributed by atoms with E-state index in [1.165, 1.54) is 37.4 Å². The van der Waals surface area contributed by atoms with Crippen molar-refractivity contribution >= 4 is 43.5 Å². The third-order valence-corrected chi connectivity index (χ3v) is 5.64. The Kier molecular flexibility index (Phi) is 7.20. The molecule has 9 heteroatoms. The molecule has 0 heterocycles. The minimum Gasteiger partial charge on any atom is -0.465 e. The number of anilines is 1. The number of hydrogen-bond donors (Lipinski definition) is 2. The Bertz CT molecular complexity index is 990. The second-order valence-corrected chi connectivity index (χ2v) is 8.95. The summed E-state index contributed by atoms with van der Waals surface area (Å²) in [5.41, 5.74) is 0.178. The van der Waals surface area contributed by atoms with Crippen molar-refractivity contribution in [3.8, 4) is 0 Å². The Hall–Kier alpha value is -2.39. The molecule has 0 saturated heterocycles. The van der Waals surface area contributed by atoms with Gasteiger partial charge in [-0.15, -0.1) is 0 Å². The highest BCUT2D eigenvalue weighted by Crippen LogP contribution is 2.25. The van der Waals surface area contributed by atoms with Crippen molar-refractivity contribution in [2.45, 2.75) is 18.7 Å². The van der Waals surface area contributed by atoms with Crippen LogP contribution in [0.1, 0.15) is 34.6 Å². The number of nitrogens with one attached hydrogen (secondary N) is 2. The summed E-state index contributed by atoms with van der Waals surface area (Å²) in [5.74, 6) is -0.932. The van der Waals surface area contributed by atoms with Gasteiger partial charge in [-0.2, -0.15) is 0 Å². The molecule has 0 fully saturated rings. The maximum Gasteiger partial charge on any atom is 0.339 e. The molecule has 0 aliphatic rings. The van der Waals surface area contributed by atoms with E-state index < -0.39 is 21.9 Å². The summed E-state index contributed by atoms with van der Waals surface area (Å²) in [7, 11) is -2.99. The summed E-state index contributed by atoms with van der Waals surface area (Å²) >= 11 is 3.21. The fourth-order valence-electron chi connectivity index (χ4n) is 2.37. The second-order valence-electron chi connectivity index (χ2n) is 6.39. The van der Waals surface area contributed by atoms with Crippen molar-refractivity contribution in [2.75, 3.05) is 18.4 Å². The number of methoxy groups -OCH3 is 1. The molecule has 0 bridgehead atoms. The minimum absolute atomic E-state index is 0.113. The van der Waals surface area contributed by atoms with Gasteiger partial charge >= 0.3 is 5.97 Å². The third kappa shape index (κ3) is 5.32. The number of ether oxygens (including phenoxy) is 1. The van der Waals surface area contributed by atoms with Crippen molar-refractivity contribution in [3.63, 3.8) is 0 Å². The van der Waals surface area contributed by atoms with Gasteiger partial charge in [-0.05, 0) is 36.2 Å². The Morgan fingerprint density at radius 3 is 2.43 bits per heavy atom. The highest BCUT2D eigenvalue weighted by molar-refractivity contribution is 9.10. The Labute approximate surface area is 172 Å². The number of para-hydroxylation sites is 1. The molecular weight excluding hydrogens is 448 g/mol. The molecule has 0 saturated carbocycles. The summed E-state index contributed by atoms with van der Waals surface area (Å²) in [6.45, 7) is 4.37. The summed E-state index contributed by atoms with van der Waals surface area (Å²) < 4.78 is 33.5. The number of carbonyl (C=O) groups excluding carboxylic acids is 2. The van der Waals surface area contributed by atoms with Crippen LogP contribution in [0.15, 0.2) is 51.8 Å². The molecule has 0 unspecified atom stereocenters. The quantitative estimate of drug-likeness (QED) is 0.606. The van der Waals surface area contributed by atoms with Crippen LogP contribution in [0.3, 0.4) is 0 Å². The van der Waals surface area contributed by atoms with E-state index in [1.807, 2.05) is 13.8 Å². The van der Waals surface area contributed by atoms with Gasteiger partial charge < -0.3 is 10.1 Å². The lowest BCUT2D eigenvalue weighted by Crippen LogP contribution is -2.28. The zero-order valence-electron chi connectivity index (χ0n) is 15.7. The molecular formula is C19H21BrN2O5S. The molecule has 2 rings (SSSR count). The highest BCUT2D eigenvalue weighted by Gasteiger charge is 2.25. The minimum atomic E-state index is -4.15. The average Bonchev–Trinajstić information content (AvgIpc) is 2.65. The average molecular weight is 469 g/mol. The lowest BCUT2D eigenvalue weighted by Gasteiger charge is -2.15. The molecule has 0 aliphatic heterocycles. The first-order chi connectivity index (χ1) is 13.2. The molecule has 150 valence electrons. The second kappa shape index (κ2) is 9.20. The molecule has 28 heavy (non-hydrogen) atoms. The van der Waals surface area contributed by atoms with Gasteiger partial charge in [0, 0.05) is 11.0 Å². The summed E-state index contributed by atoms with van der Waals surface area (Å²) in [5, 5.41) is 2.76. The summed E-state index contributed by atoms with van der Waals surface area (Å²) in [6.07, 6.45) is 0. The van der Waals surface area contributed by atoms with E-state index in [4.69, 9.17) is 0 Å². The molecule has 0 spiro atoms. The van der Waals surface area contributed by atoms with E-state index in [1.54, 1.807) is 12.1 Å². The normalized spacial score (nSPS) is 11.2. The van der Waals surface area contributed by atoms with Gasteiger partial charge in [-0.1, -0.05) is 41.9 Å².